The fraction of sp³-hybridized carbons (Fsp3) is 0.111. The average molecular weight is 190 g/mol. The van der Waals surface area contributed by atoms with Crippen molar-refractivity contribution in [3.63, 3.8) is 0 Å². The van der Waals surface area contributed by atoms with Crippen LogP contribution >= 0.6 is 0 Å². The first-order valence-electron chi connectivity index (χ1n) is 4.12. The Labute approximate surface area is 81.1 Å². The van der Waals surface area contributed by atoms with Gasteiger partial charge in [0.1, 0.15) is 17.8 Å². The molecular weight excluding hydrogens is 180 g/mol. The number of hydrogen-bond acceptors (Lipinski definition) is 4. The minimum Gasteiger partial charge on any atom is -0.494 e. The summed E-state index contributed by atoms with van der Waals surface area (Å²) in [7, 11) is 1.60. The lowest BCUT2D eigenvalue weighted by atomic mass is 10.3. The van der Waals surface area contributed by atoms with Gasteiger partial charge in [0.25, 0.3) is 0 Å². The molecule has 0 spiro atoms. The second-order valence-corrected chi connectivity index (χ2v) is 2.70. The number of anilines is 1. The Morgan fingerprint density at radius 3 is 2.79 bits per heavy atom. The highest BCUT2D eigenvalue weighted by atomic mass is 16.5. The first-order chi connectivity index (χ1) is 6.83. The smallest absolute Gasteiger partial charge is 0.223 e. The number of nitrogen functional groups attached to an aromatic ring is 1. The van der Waals surface area contributed by atoms with E-state index in [9.17, 15) is 0 Å². The molecule has 0 saturated carbocycles. The largest absolute Gasteiger partial charge is 0.494 e. The predicted molar refractivity (Wildman–Crippen MR) is 52.3 cm³/mol. The van der Waals surface area contributed by atoms with Crippen molar-refractivity contribution in [1.29, 1.82) is 0 Å². The van der Waals surface area contributed by atoms with Crippen LogP contribution in [0.15, 0.2) is 30.6 Å². The monoisotopic (exact) mass is 190 g/mol. The normalized spacial score (nSPS) is 10.1. The van der Waals surface area contributed by atoms with Crippen molar-refractivity contribution in [2.75, 3.05) is 12.8 Å². The quantitative estimate of drug-likeness (QED) is 0.762. The summed E-state index contributed by atoms with van der Waals surface area (Å²) in [4.78, 5) is 3.84. The summed E-state index contributed by atoms with van der Waals surface area (Å²) in [6, 6.07) is 7.48. The van der Waals surface area contributed by atoms with Crippen LogP contribution < -0.4 is 10.5 Å². The van der Waals surface area contributed by atoms with Gasteiger partial charge in [-0.1, -0.05) is 12.1 Å². The minimum atomic E-state index is 0.342. The Morgan fingerprint density at radius 2 is 2.14 bits per heavy atom. The van der Waals surface area contributed by atoms with Crippen LogP contribution in [0.5, 0.6) is 5.75 Å². The number of rotatable bonds is 2. The summed E-state index contributed by atoms with van der Waals surface area (Å²) < 4.78 is 6.71. The molecule has 5 heteroatoms. The molecule has 1 heterocycles. The van der Waals surface area contributed by atoms with Crippen molar-refractivity contribution in [2.45, 2.75) is 0 Å². The van der Waals surface area contributed by atoms with Crippen molar-refractivity contribution in [3.05, 3.63) is 30.6 Å². The van der Waals surface area contributed by atoms with Crippen LogP contribution in [0, 0.1) is 0 Å². The fourth-order valence-corrected chi connectivity index (χ4v) is 1.24. The summed E-state index contributed by atoms with van der Waals surface area (Å²) in [6.07, 6.45) is 1.40. The van der Waals surface area contributed by atoms with Crippen LogP contribution in [0.1, 0.15) is 0 Å². The van der Waals surface area contributed by atoms with Crippen LogP contribution in [0.25, 0.3) is 5.69 Å². The third-order valence-corrected chi connectivity index (χ3v) is 1.89. The van der Waals surface area contributed by atoms with E-state index >= 15 is 0 Å². The number of nitrogens with two attached hydrogens (primary N) is 1. The Morgan fingerprint density at radius 1 is 1.36 bits per heavy atom. The van der Waals surface area contributed by atoms with Gasteiger partial charge in [0.2, 0.25) is 5.95 Å². The number of nitrogens with zero attached hydrogens (tertiary/aromatic N) is 3. The van der Waals surface area contributed by atoms with Crippen LogP contribution in [-0.2, 0) is 0 Å². The summed E-state index contributed by atoms with van der Waals surface area (Å²) in [6.45, 7) is 0. The molecule has 0 amide bonds. The topological polar surface area (TPSA) is 66.0 Å². The molecule has 0 bridgehead atoms. The van der Waals surface area contributed by atoms with Crippen molar-refractivity contribution in [2.24, 2.45) is 0 Å². The SMILES string of the molecule is COc1ccccc1-n1ncnc1N. The van der Waals surface area contributed by atoms with E-state index in [2.05, 4.69) is 10.1 Å². The van der Waals surface area contributed by atoms with Gasteiger partial charge >= 0.3 is 0 Å². The molecule has 0 aliphatic heterocycles. The van der Waals surface area contributed by atoms with E-state index in [0.29, 0.717) is 11.7 Å². The van der Waals surface area contributed by atoms with E-state index in [1.165, 1.54) is 11.0 Å². The summed E-state index contributed by atoms with van der Waals surface area (Å²) in [5.74, 6) is 1.05. The Balaban J connectivity index is 2.56. The van der Waals surface area contributed by atoms with Crippen LogP contribution in [-0.4, -0.2) is 21.9 Å². The second kappa shape index (κ2) is 3.37. The van der Waals surface area contributed by atoms with Gasteiger partial charge in [0.05, 0.1) is 7.11 Å². The molecule has 0 unspecified atom stereocenters. The first-order valence-corrected chi connectivity index (χ1v) is 4.12. The third kappa shape index (κ3) is 1.28. The summed E-state index contributed by atoms with van der Waals surface area (Å²) >= 11 is 0. The van der Waals surface area contributed by atoms with Gasteiger partial charge in [-0.25, -0.2) is 0 Å². The van der Waals surface area contributed by atoms with E-state index in [-0.39, 0.29) is 0 Å². The molecule has 72 valence electrons. The number of hydrogen-bond donors (Lipinski definition) is 1. The lowest BCUT2D eigenvalue weighted by molar-refractivity contribution is 0.412. The number of ether oxygens (including phenoxy) is 1. The van der Waals surface area contributed by atoms with Gasteiger partial charge in [-0.3, -0.25) is 0 Å². The predicted octanol–water partition coefficient (Wildman–Crippen LogP) is 0.858. The van der Waals surface area contributed by atoms with Crippen molar-refractivity contribution in [3.8, 4) is 11.4 Å². The van der Waals surface area contributed by atoms with Crippen LogP contribution in [0.2, 0.25) is 0 Å². The van der Waals surface area contributed by atoms with E-state index in [1.54, 1.807) is 7.11 Å². The van der Waals surface area contributed by atoms with E-state index in [1.807, 2.05) is 24.3 Å². The standard InChI is InChI=1S/C9H10N4O/c1-14-8-5-3-2-4-7(8)13-9(10)11-6-12-13/h2-6H,1H3,(H2,10,11,12). The molecule has 14 heavy (non-hydrogen) atoms. The molecular formula is C9H10N4O. The lowest BCUT2D eigenvalue weighted by Gasteiger charge is -2.07. The molecule has 0 atom stereocenters. The van der Waals surface area contributed by atoms with Gasteiger partial charge in [-0.15, -0.1) is 0 Å². The molecule has 1 aromatic heterocycles. The molecule has 5 nitrogen and oxygen atoms in total. The zero-order chi connectivity index (χ0) is 9.97. The molecule has 1 aromatic carbocycles. The van der Waals surface area contributed by atoms with Crippen molar-refractivity contribution < 1.29 is 4.74 Å². The highest BCUT2D eigenvalue weighted by Crippen LogP contribution is 2.22. The molecule has 2 aromatic rings. The highest BCUT2D eigenvalue weighted by molar-refractivity contribution is 5.48. The van der Waals surface area contributed by atoms with Gasteiger partial charge in [0.15, 0.2) is 0 Å². The van der Waals surface area contributed by atoms with Crippen molar-refractivity contribution >= 4 is 5.95 Å². The maximum absolute atomic E-state index is 5.63. The molecule has 0 aliphatic rings. The Hall–Kier alpha value is -2.04. The minimum absolute atomic E-state index is 0.342. The zero-order valence-corrected chi connectivity index (χ0v) is 7.71. The summed E-state index contributed by atoms with van der Waals surface area (Å²) in [5.41, 5.74) is 6.41. The molecule has 2 rings (SSSR count). The number of aromatic nitrogens is 3. The molecule has 0 radical (unpaired) electrons. The second-order valence-electron chi connectivity index (χ2n) is 2.70. The number of benzene rings is 1. The maximum Gasteiger partial charge on any atom is 0.223 e. The van der Waals surface area contributed by atoms with E-state index < -0.39 is 0 Å². The molecule has 2 N–H and O–H groups in total. The van der Waals surface area contributed by atoms with Crippen LogP contribution in [0.3, 0.4) is 0 Å². The van der Waals surface area contributed by atoms with Gasteiger partial charge in [0, 0.05) is 0 Å². The Bertz CT molecular complexity index is 438. The van der Waals surface area contributed by atoms with E-state index in [0.717, 1.165) is 5.69 Å². The zero-order valence-electron chi connectivity index (χ0n) is 7.71. The summed E-state index contributed by atoms with van der Waals surface area (Å²) in [5, 5.41) is 4.00. The van der Waals surface area contributed by atoms with Gasteiger partial charge < -0.3 is 10.5 Å². The first kappa shape index (κ1) is 8.55. The van der Waals surface area contributed by atoms with Gasteiger partial charge in [-0.05, 0) is 12.1 Å². The average Bonchev–Trinajstić information content (AvgIpc) is 2.64. The van der Waals surface area contributed by atoms with Crippen LogP contribution in [0.4, 0.5) is 5.95 Å². The highest BCUT2D eigenvalue weighted by Gasteiger charge is 2.07. The Kier molecular flexibility index (Phi) is 2.06. The molecule has 0 aliphatic carbocycles. The maximum atomic E-state index is 5.63. The lowest BCUT2D eigenvalue weighted by Crippen LogP contribution is -2.04. The fourth-order valence-electron chi connectivity index (χ4n) is 1.24. The number of para-hydroxylation sites is 2. The third-order valence-electron chi connectivity index (χ3n) is 1.89. The van der Waals surface area contributed by atoms with Gasteiger partial charge in [-0.2, -0.15) is 14.8 Å². The number of methoxy groups -OCH3 is 1. The molecule has 0 fully saturated rings. The van der Waals surface area contributed by atoms with Crippen molar-refractivity contribution in [1.82, 2.24) is 14.8 Å². The van der Waals surface area contributed by atoms with E-state index in [4.69, 9.17) is 10.5 Å². The molecule has 0 saturated heterocycles.